The van der Waals surface area contributed by atoms with Crippen LogP contribution in [0.2, 0.25) is 0 Å². The van der Waals surface area contributed by atoms with Crippen LogP contribution in [0.4, 0.5) is 0 Å². The number of carbonyl (C=O) groups is 1. The zero-order chi connectivity index (χ0) is 28.2. The molecule has 1 amide bonds. The minimum absolute atomic E-state index is 0.0386. The van der Waals surface area contributed by atoms with Crippen LogP contribution >= 0.6 is 11.8 Å². The van der Waals surface area contributed by atoms with Crippen molar-refractivity contribution in [3.8, 4) is 28.6 Å². The molecule has 2 N–H and O–H groups in total. The van der Waals surface area contributed by atoms with Crippen LogP contribution in [0.15, 0.2) is 77.0 Å². The van der Waals surface area contributed by atoms with Gasteiger partial charge in [0.2, 0.25) is 0 Å². The fourth-order valence-electron chi connectivity index (χ4n) is 3.87. The smallest absolute Gasteiger partial charge is 0.250 e. The number of nitrogens with zero attached hydrogens (tertiary/aromatic N) is 4. The molecule has 1 aromatic heterocycles. The monoisotopic (exact) mass is 543 g/mol. The van der Waals surface area contributed by atoms with Gasteiger partial charge in [0, 0.05) is 16.8 Å². The first-order valence-electron chi connectivity index (χ1n) is 12.5. The third kappa shape index (κ3) is 6.67. The minimum Gasteiger partial charge on any atom is -0.504 e. The van der Waals surface area contributed by atoms with E-state index in [2.05, 4.69) is 65.8 Å². The van der Waals surface area contributed by atoms with Crippen molar-refractivity contribution in [1.82, 2.24) is 20.2 Å². The van der Waals surface area contributed by atoms with Crippen molar-refractivity contribution in [3.05, 3.63) is 83.4 Å². The Morgan fingerprint density at radius 3 is 2.38 bits per heavy atom. The van der Waals surface area contributed by atoms with Gasteiger partial charge in [0.15, 0.2) is 22.5 Å². The zero-order valence-corrected chi connectivity index (χ0v) is 23.8. The highest BCUT2D eigenvalue weighted by Gasteiger charge is 2.19. The number of benzene rings is 3. The lowest BCUT2D eigenvalue weighted by Crippen LogP contribution is -2.21. The number of hydrogen-bond acceptors (Lipinski definition) is 7. The van der Waals surface area contributed by atoms with Crippen LogP contribution in [0.25, 0.3) is 17.1 Å². The van der Waals surface area contributed by atoms with E-state index in [4.69, 9.17) is 4.74 Å². The van der Waals surface area contributed by atoms with E-state index >= 15 is 0 Å². The maximum Gasteiger partial charge on any atom is 0.250 e. The summed E-state index contributed by atoms with van der Waals surface area (Å²) in [4.78, 5) is 12.7. The number of aryl methyl sites for hydroxylation is 1. The normalized spacial score (nSPS) is 11.9. The molecule has 0 unspecified atom stereocenters. The van der Waals surface area contributed by atoms with Gasteiger partial charge in [-0.1, -0.05) is 74.5 Å². The van der Waals surface area contributed by atoms with Gasteiger partial charge in [-0.15, -0.1) is 10.2 Å². The largest absolute Gasteiger partial charge is 0.504 e. The second-order valence-corrected chi connectivity index (χ2v) is 11.2. The van der Waals surface area contributed by atoms with Crippen LogP contribution in [-0.2, 0) is 10.2 Å². The van der Waals surface area contributed by atoms with Crippen molar-refractivity contribution < 1.29 is 14.6 Å². The molecule has 39 heavy (non-hydrogen) atoms. The van der Waals surface area contributed by atoms with Crippen LogP contribution in [0.3, 0.4) is 0 Å². The fraction of sp³-hybridized carbons (Fsp3) is 0.267. The molecule has 0 saturated carbocycles. The summed E-state index contributed by atoms with van der Waals surface area (Å²) < 4.78 is 7.12. The third-order valence-corrected chi connectivity index (χ3v) is 7.14. The number of methoxy groups -OCH3 is 1. The van der Waals surface area contributed by atoms with Gasteiger partial charge >= 0.3 is 0 Å². The van der Waals surface area contributed by atoms with Gasteiger partial charge in [-0.2, -0.15) is 5.10 Å². The summed E-state index contributed by atoms with van der Waals surface area (Å²) in [5, 5.41) is 23.5. The SMILES string of the molecule is COc1cc(/C(C)=N/NC(=O)CSc2nnc(-c3ccc(C(C)(C)C)cc3)n2-c2ccc(C)cc2)ccc1O. The standard InChI is InChI=1S/C30H33N5O3S/c1-19-7-14-24(15-8-19)35-28(21-9-12-23(13-10-21)30(3,4)5)33-34-29(35)39-18-27(37)32-31-20(2)22-11-16-25(36)26(17-22)38-6/h7-17,36H,18H2,1-6H3,(H,32,37)/b31-20+. The number of aromatic nitrogens is 3. The van der Waals surface area contributed by atoms with Crippen molar-refractivity contribution in [2.45, 2.75) is 45.2 Å². The number of hydrogen-bond donors (Lipinski definition) is 2. The number of rotatable bonds is 8. The molecule has 0 spiro atoms. The van der Waals surface area contributed by atoms with Crippen molar-refractivity contribution in [3.63, 3.8) is 0 Å². The highest BCUT2D eigenvalue weighted by Crippen LogP contribution is 2.30. The van der Waals surface area contributed by atoms with E-state index < -0.39 is 0 Å². The second kappa shape index (κ2) is 11.7. The van der Waals surface area contributed by atoms with E-state index in [0.29, 0.717) is 22.4 Å². The van der Waals surface area contributed by atoms with Crippen LogP contribution in [0.1, 0.15) is 44.4 Å². The Balaban J connectivity index is 1.54. The molecule has 0 radical (unpaired) electrons. The minimum atomic E-state index is -0.278. The summed E-state index contributed by atoms with van der Waals surface area (Å²) in [6, 6.07) is 21.4. The number of thioether (sulfide) groups is 1. The molecular weight excluding hydrogens is 510 g/mol. The molecular formula is C30H33N5O3S. The molecule has 0 saturated heterocycles. The van der Waals surface area contributed by atoms with E-state index in [1.54, 1.807) is 19.1 Å². The molecule has 3 aromatic carbocycles. The molecule has 0 atom stereocenters. The number of ether oxygens (including phenoxy) is 1. The van der Waals surface area contributed by atoms with Gasteiger partial charge in [-0.3, -0.25) is 9.36 Å². The highest BCUT2D eigenvalue weighted by atomic mass is 32.2. The maximum absolute atomic E-state index is 12.7. The molecule has 202 valence electrons. The molecule has 0 aliphatic carbocycles. The number of hydrazone groups is 1. The molecule has 4 rings (SSSR count). The summed E-state index contributed by atoms with van der Waals surface area (Å²) in [6.45, 7) is 10.4. The van der Waals surface area contributed by atoms with E-state index in [1.165, 1.54) is 30.5 Å². The van der Waals surface area contributed by atoms with E-state index in [0.717, 1.165) is 22.4 Å². The molecule has 0 aliphatic heterocycles. The van der Waals surface area contributed by atoms with E-state index in [1.807, 2.05) is 35.8 Å². The third-order valence-electron chi connectivity index (χ3n) is 6.21. The Bertz CT molecular complexity index is 1490. The molecule has 0 aliphatic rings. The quantitative estimate of drug-likeness (QED) is 0.163. The maximum atomic E-state index is 12.7. The number of phenolic OH excluding ortho intramolecular Hbond substituents is 1. The van der Waals surface area contributed by atoms with Crippen LogP contribution in [-0.4, -0.2) is 44.4 Å². The Morgan fingerprint density at radius 1 is 1.05 bits per heavy atom. The molecule has 9 heteroatoms. The summed E-state index contributed by atoms with van der Waals surface area (Å²) in [5.74, 6) is 0.903. The van der Waals surface area contributed by atoms with Gasteiger partial charge in [0.25, 0.3) is 5.91 Å². The summed E-state index contributed by atoms with van der Waals surface area (Å²) in [6.07, 6.45) is 0. The highest BCUT2D eigenvalue weighted by molar-refractivity contribution is 7.99. The van der Waals surface area contributed by atoms with Crippen molar-refractivity contribution >= 4 is 23.4 Å². The first kappa shape index (κ1) is 27.9. The predicted molar refractivity (Wildman–Crippen MR) is 156 cm³/mol. The first-order chi connectivity index (χ1) is 18.6. The van der Waals surface area contributed by atoms with Crippen LogP contribution in [0.5, 0.6) is 11.5 Å². The lowest BCUT2D eigenvalue weighted by Gasteiger charge is -2.19. The van der Waals surface area contributed by atoms with Gasteiger partial charge in [-0.05, 0) is 55.2 Å². The van der Waals surface area contributed by atoms with Crippen LogP contribution in [0, 0.1) is 6.92 Å². The van der Waals surface area contributed by atoms with Gasteiger partial charge in [-0.25, -0.2) is 5.43 Å². The van der Waals surface area contributed by atoms with Crippen LogP contribution < -0.4 is 10.2 Å². The lowest BCUT2D eigenvalue weighted by atomic mass is 9.87. The lowest BCUT2D eigenvalue weighted by molar-refractivity contribution is -0.118. The first-order valence-corrected chi connectivity index (χ1v) is 13.5. The van der Waals surface area contributed by atoms with Gasteiger partial charge in [0.05, 0.1) is 18.6 Å². The van der Waals surface area contributed by atoms with Crippen molar-refractivity contribution in [1.29, 1.82) is 0 Å². The Kier molecular flexibility index (Phi) is 8.40. The number of phenols is 1. The number of carbonyl (C=O) groups excluding carboxylic acids is 1. The summed E-state index contributed by atoms with van der Waals surface area (Å²) in [5.41, 5.74) is 8.19. The zero-order valence-electron chi connectivity index (χ0n) is 23.0. The second-order valence-electron chi connectivity index (χ2n) is 10.2. The average Bonchev–Trinajstić information content (AvgIpc) is 3.34. The van der Waals surface area contributed by atoms with E-state index in [-0.39, 0.29) is 22.8 Å². The average molecular weight is 544 g/mol. The summed E-state index contributed by atoms with van der Waals surface area (Å²) in [7, 11) is 1.48. The Labute approximate surface area is 233 Å². The Hall–Kier alpha value is -4.11. The topological polar surface area (TPSA) is 102 Å². The number of amides is 1. The van der Waals surface area contributed by atoms with Gasteiger partial charge < -0.3 is 9.84 Å². The molecule has 8 nitrogen and oxygen atoms in total. The molecule has 4 aromatic rings. The van der Waals surface area contributed by atoms with E-state index in [9.17, 15) is 9.90 Å². The Morgan fingerprint density at radius 2 is 1.74 bits per heavy atom. The number of nitrogens with one attached hydrogen (secondary N) is 1. The van der Waals surface area contributed by atoms with Crippen molar-refractivity contribution in [2.75, 3.05) is 12.9 Å². The summed E-state index contributed by atoms with van der Waals surface area (Å²) >= 11 is 1.29. The van der Waals surface area contributed by atoms with Gasteiger partial charge in [0.1, 0.15) is 0 Å². The molecule has 0 bridgehead atoms. The van der Waals surface area contributed by atoms with Crippen molar-refractivity contribution in [2.24, 2.45) is 5.10 Å². The fourth-order valence-corrected chi connectivity index (χ4v) is 4.62. The number of aromatic hydroxyl groups is 1. The predicted octanol–water partition coefficient (Wildman–Crippen LogP) is 5.89. The molecule has 1 heterocycles. The molecule has 0 fully saturated rings.